The molecule has 0 aromatic carbocycles. The maximum atomic E-state index is 12.0. The van der Waals surface area contributed by atoms with Crippen molar-refractivity contribution in [3.8, 4) is 0 Å². The molecule has 2 aliphatic rings. The van der Waals surface area contributed by atoms with Crippen molar-refractivity contribution in [1.82, 2.24) is 10.6 Å². The molecule has 3 N–H and O–H groups in total. The number of hydrogen-bond acceptors (Lipinski definition) is 2. The van der Waals surface area contributed by atoms with Crippen LogP contribution in [0.1, 0.15) is 58.8 Å². The van der Waals surface area contributed by atoms with Gasteiger partial charge in [-0.25, -0.2) is 4.79 Å². The molecule has 0 aliphatic heterocycles. The van der Waals surface area contributed by atoms with Gasteiger partial charge in [-0.2, -0.15) is 0 Å². The minimum Gasteiger partial charge on any atom is -0.393 e. The molecule has 20 heavy (non-hydrogen) atoms. The molecule has 2 saturated carbocycles. The smallest absolute Gasteiger partial charge is 0.315 e. The molecule has 0 aromatic heterocycles. The van der Waals surface area contributed by atoms with Gasteiger partial charge in [-0.15, -0.1) is 0 Å². The fourth-order valence-corrected chi connectivity index (χ4v) is 3.78. The summed E-state index contributed by atoms with van der Waals surface area (Å²) in [6, 6.07) is 0.291. The summed E-state index contributed by atoms with van der Waals surface area (Å²) in [5, 5.41) is 15.8. The van der Waals surface area contributed by atoms with Gasteiger partial charge in [0, 0.05) is 12.6 Å². The summed E-state index contributed by atoms with van der Waals surface area (Å²) >= 11 is 0. The Morgan fingerprint density at radius 1 is 1.15 bits per heavy atom. The normalized spacial score (nSPS) is 38.2. The van der Waals surface area contributed by atoms with E-state index >= 15 is 0 Å². The molecule has 0 bridgehead atoms. The van der Waals surface area contributed by atoms with Crippen LogP contribution in [0.25, 0.3) is 0 Å². The molecule has 5 unspecified atom stereocenters. The fraction of sp³-hybridized carbons (Fsp3) is 0.938. The summed E-state index contributed by atoms with van der Waals surface area (Å²) in [4.78, 5) is 12.0. The molecular formula is C16H30N2O2. The van der Waals surface area contributed by atoms with Crippen LogP contribution in [0.5, 0.6) is 0 Å². The highest BCUT2D eigenvalue weighted by Gasteiger charge is 2.27. The Morgan fingerprint density at radius 2 is 1.95 bits per heavy atom. The highest BCUT2D eigenvalue weighted by Crippen LogP contribution is 2.28. The van der Waals surface area contributed by atoms with Crippen molar-refractivity contribution < 1.29 is 9.90 Å². The van der Waals surface area contributed by atoms with Crippen LogP contribution in [0.3, 0.4) is 0 Å². The standard InChI is InChI=1S/C16H30N2O2/c1-11-6-7-15(12(2)8-11)18-16(20)17-10-13-4-3-5-14(19)9-13/h11-15,19H,3-10H2,1-2H3,(H2,17,18,20). The predicted octanol–water partition coefficient (Wildman–Crippen LogP) is 2.66. The summed E-state index contributed by atoms with van der Waals surface area (Å²) in [6.07, 6.45) is 7.29. The molecule has 0 radical (unpaired) electrons. The first-order valence-electron chi connectivity index (χ1n) is 8.27. The third kappa shape index (κ3) is 4.65. The zero-order chi connectivity index (χ0) is 14.5. The number of rotatable bonds is 3. The lowest BCUT2D eigenvalue weighted by Crippen LogP contribution is -2.48. The van der Waals surface area contributed by atoms with Crippen LogP contribution in [0.2, 0.25) is 0 Å². The Kier molecular flexibility index (Phi) is 5.70. The number of amides is 2. The van der Waals surface area contributed by atoms with Crippen molar-refractivity contribution in [2.45, 2.75) is 70.9 Å². The van der Waals surface area contributed by atoms with Crippen molar-refractivity contribution in [2.75, 3.05) is 6.54 Å². The highest BCUT2D eigenvalue weighted by molar-refractivity contribution is 5.74. The van der Waals surface area contributed by atoms with E-state index in [1.165, 1.54) is 12.8 Å². The number of aliphatic hydroxyl groups is 1. The summed E-state index contributed by atoms with van der Waals surface area (Å²) in [7, 11) is 0. The van der Waals surface area contributed by atoms with Gasteiger partial charge in [-0.05, 0) is 56.3 Å². The van der Waals surface area contributed by atoms with Crippen LogP contribution in [0.15, 0.2) is 0 Å². The summed E-state index contributed by atoms with van der Waals surface area (Å²) in [6.45, 7) is 5.22. The Hall–Kier alpha value is -0.770. The van der Waals surface area contributed by atoms with E-state index in [2.05, 4.69) is 24.5 Å². The van der Waals surface area contributed by atoms with E-state index in [1.807, 2.05) is 0 Å². The number of carbonyl (C=O) groups excluding carboxylic acids is 1. The molecule has 2 rings (SSSR count). The van der Waals surface area contributed by atoms with E-state index in [-0.39, 0.29) is 12.1 Å². The van der Waals surface area contributed by atoms with Gasteiger partial charge in [0.15, 0.2) is 0 Å². The van der Waals surface area contributed by atoms with Crippen LogP contribution in [0.4, 0.5) is 4.79 Å². The van der Waals surface area contributed by atoms with Crippen molar-refractivity contribution in [3.63, 3.8) is 0 Å². The topological polar surface area (TPSA) is 61.4 Å². The molecule has 2 fully saturated rings. The second kappa shape index (κ2) is 7.30. The molecule has 0 spiro atoms. The Balaban J connectivity index is 1.67. The van der Waals surface area contributed by atoms with Crippen LogP contribution in [-0.2, 0) is 0 Å². The van der Waals surface area contributed by atoms with E-state index in [0.29, 0.717) is 24.4 Å². The largest absolute Gasteiger partial charge is 0.393 e. The minimum absolute atomic E-state index is 0.0310. The lowest BCUT2D eigenvalue weighted by atomic mass is 9.80. The van der Waals surface area contributed by atoms with E-state index in [0.717, 1.165) is 38.0 Å². The Labute approximate surface area is 122 Å². The molecule has 4 heteroatoms. The zero-order valence-corrected chi connectivity index (χ0v) is 12.9. The van der Waals surface area contributed by atoms with Crippen LogP contribution >= 0.6 is 0 Å². The average Bonchev–Trinajstić information content (AvgIpc) is 2.40. The first kappa shape index (κ1) is 15.6. The first-order chi connectivity index (χ1) is 9.54. The fourth-order valence-electron chi connectivity index (χ4n) is 3.78. The molecule has 116 valence electrons. The van der Waals surface area contributed by atoms with E-state index in [4.69, 9.17) is 0 Å². The second-order valence-electron chi connectivity index (χ2n) is 7.04. The summed E-state index contributed by atoms with van der Waals surface area (Å²) in [5.74, 6) is 1.80. The molecule has 2 aliphatic carbocycles. The molecular weight excluding hydrogens is 252 g/mol. The van der Waals surface area contributed by atoms with Gasteiger partial charge in [0.25, 0.3) is 0 Å². The number of urea groups is 1. The van der Waals surface area contributed by atoms with E-state index in [9.17, 15) is 9.90 Å². The van der Waals surface area contributed by atoms with Gasteiger partial charge in [0.2, 0.25) is 0 Å². The lowest BCUT2D eigenvalue weighted by Gasteiger charge is -2.33. The number of hydrogen-bond donors (Lipinski definition) is 3. The molecule has 4 nitrogen and oxygen atoms in total. The highest BCUT2D eigenvalue weighted by atomic mass is 16.3. The Morgan fingerprint density at radius 3 is 2.65 bits per heavy atom. The molecule has 0 saturated heterocycles. The van der Waals surface area contributed by atoms with Crippen molar-refractivity contribution in [2.24, 2.45) is 17.8 Å². The van der Waals surface area contributed by atoms with Gasteiger partial charge < -0.3 is 15.7 Å². The monoisotopic (exact) mass is 282 g/mol. The molecule has 0 heterocycles. The first-order valence-corrected chi connectivity index (χ1v) is 8.27. The SMILES string of the molecule is CC1CCC(NC(=O)NCC2CCCC(O)C2)C(C)C1. The van der Waals surface area contributed by atoms with E-state index < -0.39 is 0 Å². The predicted molar refractivity (Wildman–Crippen MR) is 80.5 cm³/mol. The Bertz CT molecular complexity index is 322. The van der Waals surface area contributed by atoms with Gasteiger partial charge in [-0.1, -0.05) is 20.3 Å². The van der Waals surface area contributed by atoms with Crippen molar-refractivity contribution >= 4 is 6.03 Å². The third-order valence-electron chi connectivity index (χ3n) is 5.05. The van der Waals surface area contributed by atoms with Crippen LogP contribution in [0, 0.1) is 17.8 Å². The van der Waals surface area contributed by atoms with Gasteiger partial charge in [-0.3, -0.25) is 0 Å². The molecule has 0 aromatic rings. The molecule has 2 amide bonds. The maximum absolute atomic E-state index is 12.0. The number of aliphatic hydroxyl groups excluding tert-OH is 1. The van der Waals surface area contributed by atoms with Crippen molar-refractivity contribution in [3.05, 3.63) is 0 Å². The maximum Gasteiger partial charge on any atom is 0.315 e. The summed E-state index contributed by atoms with van der Waals surface area (Å²) in [5.41, 5.74) is 0. The quantitative estimate of drug-likeness (QED) is 0.745. The van der Waals surface area contributed by atoms with Crippen LogP contribution in [-0.4, -0.2) is 29.8 Å². The van der Waals surface area contributed by atoms with Crippen LogP contribution < -0.4 is 10.6 Å². The zero-order valence-electron chi connectivity index (χ0n) is 12.9. The van der Waals surface area contributed by atoms with Gasteiger partial charge >= 0.3 is 6.03 Å². The second-order valence-corrected chi connectivity index (χ2v) is 7.04. The van der Waals surface area contributed by atoms with Crippen molar-refractivity contribution in [1.29, 1.82) is 0 Å². The van der Waals surface area contributed by atoms with Gasteiger partial charge in [0.1, 0.15) is 0 Å². The third-order valence-corrected chi connectivity index (χ3v) is 5.05. The number of nitrogens with one attached hydrogen (secondary N) is 2. The summed E-state index contributed by atoms with van der Waals surface area (Å²) < 4.78 is 0. The molecule has 5 atom stereocenters. The number of carbonyl (C=O) groups is 1. The lowest BCUT2D eigenvalue weighted by molar-refractivity contribution is 0.101. The average molecular weight is 282 g/mol. The minimum atomic E-state index is -0.168. The van der Waals surface area contributed by atoms with E-state index in [1.54, 1.807) is 0 Å². The van der Waals surface area contributed by atoms with Gasteiger partial charge in [0.05, 0.1) is 6.10 Å².